The second-order valence-corrected chi connectivity index (χ2v) is 5.51. The molecule has 0 atom stereocenters. The monoisotopic (exact) mass is 298 g/mol. The minimum Gasteiger partial charge on any atom is -0.507 e. The Labute approximate surface area is 111 Å². The molecule has 1 aliphatic heterocycles. The molecule has 1 aliphatic rings. The first-order valence-corrected chi connectivity index (χ1v) is 6.79. The van der Waals surface area contributed by atoms with Gasteiger partial charge >= 0.3 is 0 Å². The number of aromatic hydroxyl groups is 1. The molecular formula is C13H19BrN2O. The Bertz CT molecular complexity index is 414. The van der Waals surface area contributed by atoms with Gasteiger partial charge in [-0.15, -0.1) is 0 Å². The highest BCUT2D eigenvalue weighted by atomic mass is 79.9. The lowest BCUT2D eigenvalue weighted by atomic mass is 10.0. The van der Waals surface area contributed by atoms with Crippen molar-refractivity contribution in [1.29, 1.82) is 0 Å². The summed E-state index contributed by atoms with van der Waals surface area (Å²) in [5.41, 5.74) is 3.13. The molecule has 17 heavy (non-hydrogen) atoms. The molecule has 1 aromatic rings. The van der Waals surface area contributed by atoms with Crippen molar-refractivity contribution in [3.8, 4) is 5.75 Å². The standard InChI is InChI=1S/C13H19BrN2O/c1-9-7-12(14)11(10(2)13(9)17)8-16-5-3-15-4-6-16/h7,15,17H,3-6,8H2,1-2H3. The first-order valence-electron chi connectivity index (χ1n) is 6.00. The first-order chi connectivity index (χ1) is 8.09. The van der Waals surface area contributed by atoms with E-state index in [4.69, 9.17) is 0 Å². The summed E-state index contributed by atoms with van der Waals surface area (Å²) in [7, 11) is 0. The summed E-state index contributed by atoms with van der Waals surface area (Å²) in [6, 6.07) is 2.00. The fraction of sp³-hybridized carbons (Fsp3) is 0.538. The molecule has 2 N–H and O–H groups in total. The number of nitrogens with zero attached hydrogens (tertiary/aromatic N) is 1. The molecule has 4 heteroatoms. The highest BCUT2D eigenvalue weighted by Gasteiger charge is 2.16. The zero-order chi connectivity index (χ0) is 12.4. The van der Waals surface area contributed by atoms with Crippen LogP contribution in [0.3, 0.4) is 0 Å². The third-order valence-corrected chi connectivity index (χ3v) is 4.11. The minimum absolute atomic E-state index is 0.429. The lowest BCUT2D eigenvalue weighted by Gasteiger charge is -2.28. The van der Waals surface area contributed by atoms with Gasteiger partial charge in [0.1, 0.15) is 5.75 Å². The first kappa shape index (κ1) is 12.9. The minimum atomic E-state index is 0.429. The largest absolute Gasteiger partial charge is 0.507 e. The van der Waals surface area contributed by atoms with Crippen LogP contribution in [0.4, 0.5) is 0 Å². The van der Waals surface area contributed by atoms with Gasteiger partial charge < -0.3 is 10.4 Å². The Morgan fingerprint density at radius 2 is 2.00 bits per heavy atom. The molecule has 1 saturated heterocycles. The van der Waals surface area contributed by atoms with Gasteiger partial charge in [-0.25, -0.2) is 0 Å². The number of aryl methyl sites for hydroxylation is 1. The van der Waals surface area contributed by atoms with E-state index >= 15 is 0 Å². The van der Waals surface area contributed by atoms with E-state index < -0.39 is 0 Å². The fourth-order valence-electron chi connectivity index (χ4n) is 2.25. The molecule has 0 amide bonds. The van der Waals surface area contributed by atoms with Crippen molar-refractivity contribution in [3.05, 3.63) is 27.2 Å². The number of hydrogen-bond donors (Lipinski definition) is 2. The summed E-state index contributed by atoms with van der Waals surface area (Å²) in [6.07, 6.45) is 0. The van der Waals surface area contributed by atoms with Crippen LogP contribution in [0.1, 0.15) is 16.7 Å². The topological polar surface area (TPSA) is 35.5 Å². The number of nitrogens with one attached hydrogen (secondary N) is 1. The second-order valence-electron chi connectivity index (χ2n) is 4.65. The summed E-state index contributed by atoms with van der Waals surface area (Å²) < 4.78 is 1.10. The number of phenolic OH excluding ortho intramolecular Hbond substituents is 1. The van der Waals surface area contributed by atoms with Crippen LogP contribution in [0.5, 0.6) is 5.75 Å². The van der Waals surface area contributed by atoms with E-state index in [1.165, 1.54) is 5.56 Å². The van der Waals surface area contributed by atoms with Crippen LogP contribution in [0.15, 0.2) is 10.5 Å². The molecular weight excluding hydrogens is 280 g/mol. The molecule has 2 rings (SSSR count). The smallest absolute Gasteiger partial charge is 0.121 e. The zero-order valence-corrected chi connectivity index (χ0v) is 12.0. The Kier molecular flexibility index (Phi) is 4.07. The highest BCUT2D eigenvalue weighted by Crippen LogP contribution is 2.32. The Balaban J connectivity index is 2.22. The van der Waals surface area contributed by atoms with Crippen LogP contribution in [0.25, 0.3) is 0 Å². The van der Waals surface area contributed by atoms with Gasteiger partial charge in [0.2, 0.25) is 0 Å². The second kappa shape index (κ2) is 5.38. The van der Waals surface area contributed by atoms with E-state index in [2.05, 4.69) is 26.1 Å². The van der Waals surface area contributed by atoms with E-state index in [1.54, 1.807) is 0 Å². The molecule has 0 aliphatic carbocycles. The average molecular weight is 299 g/mol. The lowest BCUT2D eigenvalue weighted by Crippen LogP contribution is -2.43. The van der Waals surface area contributed by atoms with Crippen LogP contribution in [0.2, 0.25) is 0 Å². The number of halogens is 1. The number of hydrogen-bond acceptors (Lipinski definition) is 3. The Morgan fingerprint density at radius 3 is 2.65 bits per heavy atom. The SMILES string of the molecule is Cc1cc(Br)c(CN2CCNCC2)c(C)c1O. The molecule has 1 heterocycles. The molecule has 94 valence electrons. The van der Waals surface area contributed by atoms with Gasteiger partial charge in [-0.1, -0.05) is 15.9 Å². The predicted molar refractivity (Wildman–Crippen MR) is 73.4 cm³/mol. The highest BCUT2D eigenvalue weighted by molar-refractivity contribution is 9.10. The predicted octanol–water partition coefficient (Wildman–Crippen LogP) is 2.18. The molecule has 0 aromatic heterocycles. The summed E-state index contributed by atoms with van der Waals surface area (Å²) in [4.78, 5) is 2.42. The van der Waals surface area contributed by atoms with Gasteiger partial charge in [-0.05, 0) is 36.6 Å². The molecule has 1 aromatic carbocycles. The summed E-state index contributed by atoms with van der Waals surface area (Å²) in [5, 5.41) is 13.3. The van der Waals surface area contributed by atoms with Gasteiger partial charge in [0.05, 0.1) is 0 Å². The molecule has 3 nitrogen and oxygen atoms in total. The quantitative estimate of drug-likeness (QED) is 0.878. The van der Waals surface area contributed by atoms with Crippen molar-refractivity contribution in [2.75, 3.05) is 26.2 Å². The number of rotatable bonds is 2. The van der Waals surface area contributed by atoms with E-state index in [1.807, 2.05) is 19.9 Å². The summed E-state index contributed by atoms with van der Waals surface area (Å²) in [5.74, 6) is 0.429. The van der Waals surface area contributed by atoms with Crippen molar-refractivity contribution < 1.29 is 5.11 Å². The molecule has 0 saturated carbocycles. The molecule has 1 fully saturated rings. The van der Waals surface area contributed by atoms with Gasteiger partial charge in [0.25, 0.3) is 0 Å². The summed E-state index contributed by atoms with van der Waals surface area (Å²) in [6.45, 7) is 9.07. The van der Waals surface area contributed by atoms with Gasteiger partial charge in [-0.2, -0.15) is 0 Å². The lowest BCUT2D eigenvalue weighted by molar-refractivity contribution is 0.232. The maximum atomic E-state index is 9.99. The maximum Gasteiger partial charge on any atom is 0.121 e. The summed E-state index contributed by atoms with van der Waals surface area (Å²) >= 11 is 3.61. The van der Waals surface area contributed by atoms with E-state index in [0.717, 1.165) is 48.3 Å². The van der Waals surface area contributed by atoms with Crippen LogP contribution in [-0.4, -0.2) is 36.2 Å². The van der Waals surface area contributed by atoms with Crippen molar-refractivity contribution in [2.45, 2.75) is 20.4 Å². The maximum absolute atomic E-state index is 9.99. The van der Waals surface area contributed by atoms with E-state index in [-0.39, 0.29) is 0 Å². The number of benzene rings is 1. The van der Waals surface area contributed by atoms with Crippen LogP contribution in [-0.2, 0) is 6.54 Å². The van der Waals surface area contributed by atoms with Crippen LogP contribution < -0.4 is 5.32 Å². The average Bonchev–Trinajstić information content (AvgIpc) is 2.33. The number of piperazine rings is 1. The van der Waals surface area contributed by atoms with Crippen molar-refractivity contribution >= 4 is 15.9 Å². The molecule has 0 bridgehead atoms. The van der Waals surface area contributed by atoms with Crippen molar-refractivity contribution in [3.63, 3.8) is 0 Å². The molecule has 0 spiro atoms. The van der Waals surface area contributed by atoms with Gasteiger partial charge in [0, 0.05) is 37.2 Å². The number of phenols is 1. The van der Waals surface area contributed by atoms with Gasteiger partial charge in [-0.3, -0.25) is 4.90 Å². The normalized spacial score (nSPS) is 17.4. The van der Waals surface area contributed by atoms with Crippen LogP contribution >= 0.6 is 15.9 Å². The Morgan fingerprint density at radius 1 is 1.35 bits per heavy atom. The van der Waals surface area contributed by atoms with Gasteiger partial charge in [0.15, 0.2) is 0 Å². The molecule has 0 unspecified atom stereocenters. The zero-order valence-electron chi connectivity index (χ0n) is 10.4. The fourth-order valence-corrected chi connectivity index (χ4v) is 3.02. The van der Waals surface area contributed by atoms with E-state index in [0.29, 0.717) is 5.75 Å². The van der Waals surface area contributed by atoms with E-state index in [9.17, 15) is 5.11 Å². The molecule has 0 radical (unpaired) electrons. The van der Waals surface area contributed by atoms with Crippen molar-refractivity contribution in [2.24, 2.45) is 0 Å². The van der Waals surface area contributed by atoms with Crippen molar-refractivity contribution in [1.82, 2.24) is 10.2 Å². The third-order valence-electron chi connectivity index (χ3n) is 3.40. The third kappa shape index (κ3) is 2.81. The van der Waals surface area contributed by atoms with Crippen LogP contribution in [0, 0.1) is 13.8 Å². The Hall–Kier alpha value is -0.580.